The Bertz CT molecular complexity index is 1590. The van der Waals surface area contributed by atoms with Gasteiger partial charge in [0.2, 0.25) is 5.75 Å². The first kappa shape index (κ1) is 28.6. The van der Waals surface area contributed by atoms with Crippen LogP contribution in [-0.4, -0.2) is 85.3 Å². The van der Waals surface area contributed by atoms with Gasteiger partial charge in [-0.15, -0.1) is 0 Å². The van der Waals surface area contributed by atoms with Crippen LogP contribution in [0, 0.1) is 17.2 Å². The predicted molar refractivity (Wildman–Crippen MR) is 168 cm³/mol. The van der Waals surface area contributed by atoms with Crippen molar-refractivity contribution in [3.63, 3.8) is 0 Å². The number of anilines is 2. The number of hydrogen-bond donors (Lipinski definition) is 0. The first-order valence-electron chi connectivity index (χ1n) is 16.6. The van der Waals surface area contributed by atoms with Crippen LogP contribution in [0.1, 0.15) is 60.4 Å². The van der Waals surface area contributed by atoms with Crippen LogP contribution in [-0.2, 0) is 24.2 Å². The van der Waals surface area contributed by atoms with Gasteiger partial charge in [0.1, 0.15) is 13.2 Å². The molecule has 1 aromatic heterocycles. The van der Waals surface area contributed by atoms with Crippen LogP contribution in [0.15, 0.2) is 30.6 Å². The molecule has 0 N–H and O–H groups in total. The maximum Gasteiger partial charge on any atom is 0.282 e. The summed E-state index contributed by atoms with van der Waals surface area (Å²) in [5.74, 6) is 0.909. The van der Waals surface area contributed by atoms with E-state index in [-0.39, 0.29) is 19.0 Å². The smallest absolute Gasteiger partial charge is 0.282 e. The Morgan fingerprint density at radius 2 is 2.11 bits per heavy atom. The Labute approximate surface area is 264 Å². The zero-order valence-electron chi connectivity index (χ0n) is 26.0. The number of nitrogens with zero attached hydrogens (tertiary/aromatic N) is 6. The Morgan fingerprint density at radius 1 is 1.22 bits per heavy atom. The third kappa shape index (κ3) is 4.73. The summed E-state index contributed by atoms with van der Waals surface area (Å²) in [6.45, 7) is 7.39. The molecule has 0 radical (unpaired) electrons. The van der Waals surface area contributed by atoms with Crippen LogP contribution in [0.2, 0.25) is 0 Å². The van der Waals surface area contributed by atoms with E-state index in [4.69, 9.17) is 14.5 Å². The number of likely N-dealkylation sites (N-methyl/N-ethyl adjacent to an activating group) is 1. The minimum Gasteiger partial charge on any atom is -0.484 e. The van der Waals surface area contributed by atoms with Crippen LogP contribution in [0.5, 0.6) is 11.6 Å². The largest absolute Gasteiger partial charge is 0.484 e. The highest BCUT2D eigenvalue weighted by atomic mass is 19.1. The molecule has 4 aliphatic heterocycles. The Balaban J connectivity index is 1.16. The van der Waals surface area contributed by atoms with Crippen LogP contribution in [0.3, 0.4) is 0 Å². The molecule has 236 valence electrons. The van der Waals surface area contributed by atoms with Crippen LogP contribution >= 0.6 is 0 Å². The number of rotatable bonds is 6. The molecule has 0 spiro atoms. The van der Waals surface area contributed by atoms with Gasteiger partial charge in [0, 0.05) is 36.9 Å². The molecule has 8 rings (SSSR count). The van der Waals surface area contributed by atoms with Crippen molar-refractivity contribution in [3.8, 4) is 17.7 Å². The fourth-order valence-corrected chi connectivity index (χ4v) is 8.81. The summed E-state index contributed by atoms with van der Waals surface area (Å²) in [5.41, 5.74) is 7.52. The molecular weight excluding hydrogens is 571 g/mol. The molecule has 5 heterocycles. The van der Waals surface area contributed by atoms with E-state index in [1.54, 1.807) is 5.56 Å². The first-order chi connectivity index (χ1) is 21.9. The number of fused-ring (bicyclic) bond motifs is 8. The number of ether oxygens (including phenoxy) is 2. The third-order valence-electron chi connectivity index (χ3n) is 11.3. The minimum absolute atomic E-state index is 0.109. The standard InChI is InChI=1S/C35H41FN6O3/c1-21(36)35(43)42-17-26-20-44-33-32(41(26)16-24(42)10-12-37)28-11-14-40(30-7-3-5-23-15-22-8-9-27(22)31(23)30)18-29(28)38-34(33)45-19-25-6-4-13-39(25)2/h3,5,7,22,24-27H,1,4,6,8-11,13-20H2,2H3/t22?,24-,25-,26?,27?/m0/s1. The number of pyridine rings is 1. The second-order valence-corrected chi connectivity index (χ2v) is 13.8. The average Bonchev–Trinajstić information content (AvgIpc) is 3.56. The summed E-state index contributed by atoms with van der Waals surface area (Å²) in [6.07, 6.45) is 6.97. The predicted octanol–water partition coefficient (Wildman–Crippen LogP) is 4.34. The lowest BCUT2D eigenvalue weighted by atomic mass is 9.74. The number of carbonyl (C=O) groups is 1. The van der Waals surface area contributed by atoms with Crippen molar-refractivity contribution in [1.82, 2.24) is 14.8 Å². The van der Waals surface area contributed by atoms with Gasteiger partial charge in [0.25, 0.3) is 11.8 Å². The molecule has 9 nitrogen and oxygen atoms in total. The van der Waals surface area contributed by atoms with Gasteiger partial charge < -0.3 is 29.1 Å². The molecule has 6 aliphatic rings. The van der Waals surface area contributed by atoms with Crippen molar-refractivity contribution >= 4 is 17.3 Å². The van der Waals surface area contributed by atoms with Gasteiger partial charge in [-0.05, 0) is 81.1 Å². The highest BCUT2D eigenvalue weighted by Crippen LogP contribution is 2.55. The number of benzene rings is 1. The van der Waals surface area contributed by atoms with Crippen molar-refractivity contribution in [2.24, 2.45) is 5.92 Å². The van der Waals surface area contributed by atoms with Crippen molar-refractivity contribution in [3.05, 3.63) is 53.0 Å². The maximum atomic E-state index is 14.0. The van der Waals surface area contributed by atoms with E-state index in [0.717, 1.165) is 55.2 Å². The van der Waals surface area contributed by atoms with Crippen LogP contribution in [0.4, 0.5) is 15.8 Å². The van der Waals surface area contributed by atoms with E-state index in [1.165, 1.54) is 35.4 Å². The van der Waals surface area contributed by atoms with Gasteiger partial charge in [0.05, 0.1) is 42.5 Å². The number of carbonyl (C=O) groups excluding carboxylic acids is 1. The fourth-order valence-electron chi connectivity index (χ4n) is 8.81. The Morgan fingerprint density at radius 3 is 2.87 bits per heavy atom. The normalized spacial score (nSPS) is 28.1. The molecular formula is C35H41FN6O3. The van der Waals surface area contributed by atoms with Gasteiger partial charge in [-0.3, -0.25) is 4.79 Å². The lowest BCUT2D eigenvalue weighted by Crippen LogP contribution is -2.63. The second kappa shape index (κ2) is 11.2. The molecule has 10 heteroatoms. The van der Waals surface area contributed by atoms with Crippen molar-refractivity contribution in [1.29, 1.82) is 5.26 Å². The topological polar surface area (TPSA) is 85.2 Å². The van der Waals surface area contributed by atoms with Crippen LogP contribution in [0.25, 0.3) is 0 Å². The maximum absolute atomic E-state index is 14.0. The molecule has 3 fully saturated rings. The van der Waals surface area contributed by atoms with E-state index >= 15 is 0 Å². The summed E-state index contributed by atoms with van der Waals surface area (Å²) in [5, 5.41) is 9.64. The van der Waals surface area contributed by atoms with Gasteiger partial charge in [-0.25, -0.2) is 9.37 Å². The highest BCUT2D eigenvalue weighted by molar-refractivity contribution is 5.91. The number of nitriles is 1. The summed E-state index contributed by atoms with van der Waals surface area (Å²) in [4.78, 5) is 26.5. The van der Waals surface area contributed by atoms with E-state index in [1.807, 2.05) is 0 Å². The number of aromatic nitrogens is 1. The molecule has 2 aromatic rings. The molecule has 5 atom stereocenters. The summed E-state index contributed by atoms with van der Waals surface area (Å²) < 4.78 is 27.0. The number of halogens is 1. The lowest BCUT2D eigenvalue weighted by Gasteiger charge is -2.50. The van der Waals surface area contributed by atoms with Crippen molar-refractivity contribution in [2.75, 3.05) is 56.2 Å². The van der Waals surface area contributed by atoms with Gasteiger partial charge in [0.15, 0.2) is 5.83 Å². The molecule has 1 aromatic carbocycles. The molecule has 2 saturated heterocycles. The summed E-state index contributed by atoms with van der Waals surface area (Å²) in [7, 11) is 2.14. The monoisotopic (exact) mass is 612 g/mol. The van der Waals surface area contributed by atoms with E-state index in [9.17, 15) is 14.4 Å². The van der Waals surface area contributed by atoms with Gasteiger partial charge in [-0.2, -0.15) is 5.26 Å². The summed E-state index contributed by atoms with van der Waals surface area (Å²) in [6, 6.07) is 8.72. The first-order valence-corrected chi connectivity index (χ1v) is 16.6. The van der Waals surface area contributed by atoms with E-state index < -0.39 is 17.8 Å². The molecule has 1 saturated carbocycles. The molecule has 45 heavy (non-hydrogen) atoms. The molecule has 1 amide bonds. The Kier molecular flexibility index (Phi) is 7.12. The third-order valence-corrected chi connectivity index (χ3v) is 11.3. The number of piperazine rings is 1. The zero-order chi connectivity index (χ0) is 30.8. The van der Waals surface area contributed by atoms with E-state index in [2.05, 4.69) is 52.6 Å². The second-order valence-electron chi connectivity index (χ2n) is 13.8. The minimum atomic E-state index is -1.00. The molecule has 2 aliphatic carbocycles. The lowest BCUT2D eigenvalue weighted by molar-refractivity contribution is -0.132. The SMILES string of the molecule is C=C(F)C(=O)N1CC2COc3c(OC[C@@H]4CCCN4C)nc4c(c3N2C[C@@H]1CC#N)CCN(c1cccc2c1C1CCC1C2)C4. The van der Waals surface area contributed by atoms with Crippen LogP contribution < -0.4 is 19.3 Å². The van der Waals surface area contributed by atoms with Crippen molar-refractivity contribution < 1.29 is 18.7 Å². The number of likely N-dealkylation sites (tertiary alicyclic amines) is 1. The number of hydrogen-bond acceptors (Lipinski definition) is 8. The average molecular weight is 613 g/mol. The zero-order valence-corrected chi connectivity index (χ0v) is 26.0. The van der Waals surface area contributed by atoms with Gasteiger partial charge in [-0.1, -0.05) is 18.7 Å². The molecule has 3 unspecified atom stereocenters. The van der Waals surface area contributed by atoms with Gasteiger partial charge >= 0.3 is 0 Å². The Hall–Kier alpha value is -3.84. The highest BCUT2D eigenvalue weighted by Gasteiger charge is 2.45. The van der Waals surface area contributed by atoms with Crippen molar-refractivity contribution in [2.45, 2.75) is 75.5 Å². The van der Waals surface area contributed by atoms with E-state index in [0.29, 0.717) is 49.9 Å². The summed E-state index contributed by atoms with van der Waals surface area (Å²) >= 11 is 0. The molecule has 0 bridgehead atoms. The fraction of sp³-hybridized carbons (Fsp3) is 0.571. The quantitative estimate of drug-likeness (QED) is 0.446. The number of amides is 1.